The van der Waals surface area contributed by atoms with Crippen LogP contribution in [0.1, 0.15) is 39.6 Å². The summed E-state index contributed by atoms with van der Waals surface area (Å²) in [7, 11) is 0. The average molecular weight is 727 g/mol. The molecule has 2 amide bonds. The molecule has 1 saturated heterocycles. The van der Waals surface area contributed by atoms with Gasteiger partial charge in [-0.05, 0) is 83.2 Å². The number of fused-ring (bicyclic) bond motifs is 2. The predicted molar refractivity (Wildman–Crippen MR) is 178 cm³/mol. The maximum absolute atomic E-state index is 13.5. The van der Waals surface area contributed by atoms with Gasteiger partial charge in [-0.2, -0.15) is 0 Å². The summed E-state index contributed by atoms with van der Waals surface area (Å²) in [5.41, 5.74) is 2.99. The number of hydrogen-bond acceptors (Lipinski definition) is 6. The zero-order valence-electron chi connectivity index (χ0n) is 23.9. The van der Waals surface area contributed by atoms with Crippen molar-refractivity contribution in [3.05, 3.63) is 103 Å². The smallest absolute Gasteiger partial charge is 0.339 e. The number of ether oxygens (including phenoxy) is 1. The summed E-state index contributed by atoms with van der Waals surface area (Å²) in [6, 6.07) is 14.6. The van der Waals surface area contributed by atoms with Crippen molar-refractivity contribution in [1.82, 2.24) is 4.98 Å². The highest BCUT2D eigenvalue weighted by Gasteiger charge is 2.50. The number of carbonyl (C=O) groups excluding carboxylic acids is 4. The second kappa shape index (κ2) is 12.3. The first-order chi connectivity index (χ1) is 21.5. The number of carbonyl (C=O) groups is 4. The van der Waals surface area contributed by atoms with E-state index in [2.05, 4.69) is 15.9 Å². The molecule has 0 spiro atoms. The highest BCUT2D eigenvalue weighted by atomic mass is 79.9. The van der Waals surface area contributed by atoms with Gasteiger partial charge in [0.1, 0.15) is 0 Å². The number of anilines is 1. The van der Waals surface area contributed by atoms with E-state index in [1.54, 1.807) is 43.3 Å². The molecule has 3 aromatic carbocycles. The van der Waals surface area contributed by atoms with Crippen molar-refractivity contribution in [2.24, 2.45) is 17.8 Å². The Morgan fingerprint density at radius 3 is 2.42 bits per heavy atom. The van der Waals surface area contributed by atoms with Crippen LogP contribution in [-0.2, 0) is 14.3 Å². The zero-order valence-corrected chi connectivity index (χ0v) is 27.8. The first kappa shape index (κ1) is 31.4. The van der Waals surface area contributed by atoms with Crippen molar-refractivity contribution < 1.29 is 23.9 Å². The molecule has 0 saturated carbocycles. The van der Waals surface area contributed by atoms with Gasteiger partial charge in [0.15, 0.2) is 6.61 Å². The summed E-state index contributed by atoms with van der Waals surface area (Å²) < 4.78 is 6.03. The third kappa shape index (κ3) is 5.69. The van der Waals surface area contributed by atoms with Gasteiger partial charge >= 0.3 is 5.97 Å². The van der Waals surface area contributed by atoms with Crippen molar-refractivity contribution in [3.63, 3.8) is 0 Å². The van der Waals surface area contributed by atoms with Crippen molar-refractivity contribution in [2.75, 3.05) is 11.5 Å². The molecule has 2 aliphatic rings. The Morgan fingerprint density at radius 2 is 1.73 bits per heavy atom. The van der Waals surface area contributed by atoms with Crippen molar-refractivity contribution in [2.45, 2.75) is 20.3 Å². The molecule has 3 unspecified atom stereocenters. The number of hydrogen-bond donors (Lipinski definition) is 0. The second-order valence-electron chi connectivity index (χ2n) is 11.1. The Balaban J connectivity index is 1.33. The van der Waals surface area contributed by atoms with Crippen LogP contribution >= 0.6 is 50.7 Å². The summed E-state index contributed by atoms with van der Waals surface area (Å²) in [5.74, 6) is -2.38. The lowest BCUT2D eigenvalue weighted by Gasteiger charge is -2.22. The van der Waals surface area contributed by atoms with E-state index in [0.29, 0.717) is 54.3 Å². The average Bonchev–Trinajstić information content (AvgIpc) is 3.28. The van der Waals surface area contributed by atoms with Gasteiger partial charge in [0.05, 0.1) is 44.3 Å². The Bertz CT molecular complexity index is 1960. The number of benzene rings is 3. The maximum Gasteiger partial charge on any atom is 0.339 e. The van der Waals surface area contributed by atoms with E-state index in [9.17, 15) is 19.2 Å². The number of pyridine rings is 1. The maximum atomic E-state index is 13.5. The van der Waals surface area contributed by atoms with Crippen LogP contribution in [0.4, 0.5) is 5.69 Å². The van der Waals surface area contributed by atoms with E-state index in [1.807, 2.05) is 19.1 Å². The summed E-state index contributed by atoms with van der Waals surface area (Å²) in [6.45, 7) is 3.20. The van der Waals surface area contributed by atoms with E-state index in [-0.39, 0.29) is 45.7 Å². The van der Waals surface area contributed by atoms with Gasteiger partial charge in [0.25, 0.3) is 0 Å². The van der Waals surface area contributed by atoms with Crippen LogP contribution in [0.3, 0.4) is 0 Å². The first-order valence-electron chi connectivity index (χ1n) is 14.1. The number of Topliss-reactive ketones (excluding diaryl/α,β-unsaturated/α-hetero) is 1. The quantitative estimate of drug-likeness (QED) is 0.0855. The molecule has 1 aliphatic carbocycles. The minimum Gasteiger partial charge on any atom is -0.454 e. The molecular weight excluding hydrogens is 703 g/mol. The van der Waals surface area contributed by atoms with E-state index >= 15 is 0 Å². The van der Waals surface area contributed by atoms with Crippen LogP contribution in [0.2, 0.25) is 15.1 Å². The molecule has 0 N–H and O–H groups in total. The molecule has 4 aromatic rings. The van der Waals surface area contributed by atoms with Crippen molar-refractivity contribution >= 4 is 90.9 Å². The minimum atomic E-state index is -0.745. The number of amides is 2. The van der Waals surface area contributed by atoms with Gasteiger partial charge in [0.2, 0.25) is 17.6 Å². The van der Waals surface area contributed by atoms with Crippen LogP contribution in [0.15, 0.2) is 71.2 Å². The molecule has 0 bridgehead atoms. The summed E-state index contributed by atoms with van der Waals surface area (Å²) in [5, 5.41) is 1.44. The molecule has 6 rings (SSSR count). The van der Waals surface area contributed by atoms with Gasteiger partial charge < -0.3 is 4.74 Å². The van der Waals surface area contributed by atoms with Gasteiger partial charge in [-0.25, -0.2) is 9.78 Å². The van der Waals surface area contributed by atoms with Gasteiger partial charge in [0, 0.05) is 26.0 Å². The third-order valence-corrected chi connectivity index (χ3v) is 10.2. The number of rotatable bonds is 6. The zero-order chi connectivity index (χ0) is 32.2. The molecule has 7 nitrogen and oxygen atoms in total. The van der Waals surface area contributed by atoms with Crippen LogP contribution < -0.4 is 4.90 Å². The molecule has 228 valence electrons. The van der Waals surface area contributed by atoms with E-state index < -0.39 is 18.4 Å². The lowest BCUT2D eigenvalue weighted by molar-refractivity contribution is -0.122. The fraction of sp³-hybridized carbons (Fsp3) is 0.206. The lowest BCUT2D eigenvalue weighted by atomic mass is 9.78. The van der Waals surface area contributed by atoms with E-state index in [1.165, 1.54) is 23.1 Å². The number of aromatic nitrogens is 1. The number of esters is 1. The van der Waals surface area contributed by atoms with Crippen LogP contribution in [0, 0.1) is 24.7 Å². The molecule has 2 heterocycles. The molecule has 11 heteroatoms. The van der Waals surface area contributed by atoms with Crippen LogP contribution in [0.5, 0.6) is 0 Å². The molecule has 45 heavy (non-hydrogen) atoms. The first-order valence-corrected chi connectivity index (χ1v) is 16.0. The van der Waals surface area contributed by atoms with Crippen molar-refractivity contribution in [1.29, 1.82) is 0 Å². The molecule has 1 fully saturated rings. The topological polar surface area (TPSA) is 93.6 Å². The fourth-order valence-corrected chi connectivity index (χ4v) is 7.15. The number of allylic oxidation sites excluding steroid dienone is 2. The van der Waals surface area contributed by atoms with Gasteiger partial charge in [-0.1, -0.05) is 66.0 Å². The van der Waals surface area contributed by atoms with Gasteiger partial charge in [-0.3, -0.25) is 19.3 Å². The predicted octanol–water partition coefficient (Wildman–Crippen LogP) is 8.67. The fourth-order valence-electron chi connectivity index (χ4n) is 5.96. The number of ketones is 1. The highest BCUT2D eigenvalue weighted by Crippen LogP contribution is 2.41. The number of nitrogens with zero attached hydrogens (tertiary/aromatic N) is 2. The largest absolute Gasteiger partial charge is 0.454 e. The Hall–Kier alpha value is -3.56. The van der Waals surface area contributed by atoms with E-state index in [0.717, 1.165) is 0 Å². The Labute approximate surface area is 282 Å². The van der Waals surface area contributed by atoms with Crippen molar-refractivity contribution in [3.8, 4) is 11.3 Å². The van der Waals surface area contributed by atoms with E-state index in [4.69, 9.17) is 44.5 Å². The Morgan fingerprint density at radius 1 is 1.00 bits per heavy atom. The summed E-state index contributed by atoms with van der Waals surface area (Å²) >= 11 is 22.1. The summed E-state index contributed by atoms with van der Waals surface area (Å²) in [6.07, 6.45) is 4.50. The monoisotopic (exact) mass is 724 g/mol. The van der Waals surface area contributed by atoms with Crippen LogP contribution in [-0.4, -0.2) is 35.2 Å². The standard InChI is InChI=1S/C34H24BrCl3N2O5/c1-16-4-3-5-22-29(16)33(43)40(32(22)42)20-9-6-18(7-10-20)27-14-24(23-13-25(35)30(38)17(2)31(23)39-27)34(44)45-15-28(41)21-11-8-19(36)12-26(21)37/h3-4,6-14,16,22,29H,5,15H2,1-2H3. The lowest BCUT2D eigenvalue weighted by Crippen LogP contribution is -2.31. The number of aryl methyl sites for hydroxylation is 1. The number of imide groups is 1. The minimum absolute atomic E-state index is 0.0157. The molecule has 0 radical (unpaired) electrons. The normalized spacial score (nSPS) is 19.2. The highest BCUT2D eigenvalue weighted by molar-refractivity contribution is 9.10. The third-order valence-electron chi connectivity index (χ3n) is 8.30. The Kier molecular flexibility index (Phi) is 8.61. The molecule has 3 atom stereocenters. The van der Waals surface area contributed by atoms with Gasteiger partial charge in [-0.15, -0.1) is 0 Å². The molecular formula is C34H24BrCl3N2O5. The second-order valence-corrected chi connectivity index (χ2v) is 13.2. The summed E-state index contributed by atoms with van der Waals surface area (Å²) in [4.78, 5) is 58.8. The molecule has 1 aromatic heterocycles. The number of halogens is 4. The van der Waals surface area contributed by atoms with Crippen LogP contribution in [0.25, 0.3) is 22.2 Å². The SMILES string of the molecule is Cc1c(Cl)c(Br)cc2c(C(=O)OCC(=O)c3ccc(Cl)cc3Cl)cc(-c3ccc(N4C(=O)C5CC=CC(C)C5C4=O)cc3)nc12. The molecule has 1 aliphatic heterocycles.